The summed E-state index contributed by atoms with van der Waals surface area (Å²) in [6.07, 6.45) is 0.186. The van der Waals surface area contributed by atoms with Gasteiger partial charge in [0.15, 0.2) is 0 Å². The summed E-state index contributed by atoms with van der Waals surface area (Å²) in [4.78, 5) is 14.3. The van der Waals surface area contributed by atoms with Crippen LogP contribution in [0.25, 0.3) is 0 Å². The molecule has 0 atom stereocenters. The van der Waals surface area contributed by atoms with Gasteiger partial charge in [-0.05, 0) is 29.8 Å². The Morgan fingerprint density at radius 3 is 2.12 bits per heavy atom. The van der Waals surface area contributed by atoms with Crippen molar-refractivity contribution in [3.05, 3.63) is 66.0 Å². The SMILES string of the molecule is O=C(Cc1ccc(F)cc1)N1CCN(S(=O)(=O)c2ccccc2)CC1. The molecule has 1 heterocycles. The van der Waals surface area contributed by atoms with Crippen molar-refractivity contribution < 1.29 is 17.6 Å². The van der Waals surface area contributed by atoms with E-state index in [-0.39, 0.29) is 36.1 Å². The number of benzene rings is 2. The van der Waals surface area contributed by atoms with E-state index in [9.17, 15) is 17.6 Å². The monoisotopic (exact) mass is 362 g/mol. The van der Waals surface area contributed by atoms with Gasteiger partial charge in [-0.3, -0.25) is 4.79 Å². The van der Waals surface area contributed by atoms with Crippen LogP contribution in [0.4, 0.5) is 4.39 Å². The molecule has 0 aromatic heterocycles. The standard InChI is InChI=1S/C18H19FN2O3S/c19-16-8-6-15(7-9-16)14-18(22)20-10-12-21(13-11-20)25(23,24)17-4-2-1-3-5-17/h1-9H,10-14H2. The van der Waals surface area contributed by atoms with Crippen molar-refractivity contribution in [1.82, 2.24) is 9.21 Å². The number of sulfonamides is 1. The van der Waals surface area contributed by atoms with E-state index in [1.54, 1.807) is 47.4 Å². The van der Waals surface area contributed by atoms with Crippen LogP contribution in [-0.4, -0.2) is 49.7 Å². The molecular formula is C18H19FN2O3S. The summed E-state index contributed by atoms with van der Waals surface area (Å²) in [5, 5.41) is 0. The minimum atomic E-state index is -3.52. The van der Waals surface area contributed by atoms with Crippen molar-refractivity contribution in [3.8, 4) is 0 Å². The molecule has 7 heteroatoms. The Hall–Kier alpha value is -2.25. The summed E-state index contributed by atoms with van der Waals surface area (Å²) in [6, 6.07) is 14.1. The number of piperazine rings is 1. The molecule has 2 aromatic carbocycles. The minimum Gasteiger partial charge on any atom is -0.340 e. The van der Waals surface area contributed by atoms with Crippen LogP contribution in [0.15, 0.2) is 59.5 Å². The highest BCUT2D eigenvalue weighted by molar-refractivity contribution is 7.89. The van der Waals surface area contributed by atoms with Gasteiger partial charge in [0.05, 0.1) is 11.3 Å². The van der Waals surface area contributed by atoms with Crippen LogP contribution >= 0.6 is 0 Å². The van der Waals surface area contributed by atoms with Crippen molar-refractivity contribution in [1.29, 1.82) is 0 Å². The van der Waals surface area contributed by atoms with E-state index < -0.39 is 10.0 Å². The first-order valence-electron chi connectivity index (χ1n) is 8.04. The first-order chi connectivity index (χ1) is 12.0. The second-order valence-corrected chi connectivity index (χ2v) is 7.84. The van der Waals surface area contributed by atoms with Gasteiger partial charge in [0, 0.05) is 26.2 Å². The van der Waals surface area contributed by atoms with Crippen molar-refractivity contribution in [2.45, 2.75) is 11.3 Å². The zero-order valence-corrected chi connectivity index (χ0v) is 14.5. The molecule has 5 nitrogen and oxygen atoms in total. The smallest absolute Gasteiger partial charge is 0.243 e. The lowest BCUT2D eigenvalue weighted by Crippen LogP contribution is -2.50. The fourth-order valence-electron chi connectivity index (χ4n) is 2.81. The van der Waals surface area contributed by atoms with Gasteiger partial charge in [-0.15, -0.1) is 0 Å². The van der Waals surface area contributed by atoms with E-state index in [0.29, 0.717) is 13.1 Å². The predicted octanol–water partition coefficient (Wildman–Crippen LogP) is 1.90. The molecule has 0 aliphatic carbocycles. The maximum atomic E-state index is 12.9. The van der Waals surface area contributed by atoms with Gasteiger partial charge >= 0.3 is 0 Å². The number of halogens is 1. The Labute approximate surface area is 146 Å². The second-order valence-electron chi connectivity index (χ2n) is 5.90. The van der Waals surface area contributed by atoms with E-state index in [1.165, 1.54) is 16.4 Å². The van der Waals surface area contributed by atoms with Crippen LogP contribution in [0.2, 0.25) is 0 Å². The highest BCUT2D eigenvalue weighted by Gasteiger charge is 2.29. The predicted molar refractivity (Wildman–Crippen MR) is 91.9 cm³/mol. The number of carbonyl (C=O) groups is 1. The van der Waals surface area contributed by atoms with Crippen LogP contribution < -0.4 is 0 Å². The number of rotatable bonds is 4. The molecule has 0 bridgehead atoms. The number of hydrogen-bond acceptors (Lipinski definition) is 3. The Morgan fingerprint density at radius 2 is 1.52 bits per heavy atom. The van der Waals surface area contributed by atoms with Crippen molar-refractivity contribution in [2.75, 3.05) is 26.2 Å². The summed E-state index contributed by atoms with van der Waals surface area (Å²) < 4.78 is 39.5. The van der Waals surface area contributed by atoms with Crippen LogP contribution in [0.1, 0.15) is 5.56 Å². The van der Waals surface area contributed by atoms with E-state index in [0.717, 1.165) is 5.56 Å². The average molecular weight is 362 g/mol. The van der Waals surface area contributed by atoms with E-state index in [2.05, 4.69) is 0 Å². The third-order valence-corrected chi connectivity index (χ3v) is 6.15. The molecule has 25 heavy (non-hydrogen) atoms. The molecule has 3 rings (SSSR count). The van der Waals surface area contributed by atoms with Crippen LogP contribution in [0.3, 0.4) is 0 Å². The molecule has 1 saturated heterocycles. The quantitative estimate of drug-likeness (QED) is 0.835. The first-order valence-corrected chi connectivity index (χ1v) is 9.48. The molecule has 132 valence electrons. The van der Waals surface area contributed by atoms with E-state index >= 15 is 0 Å². The lowest BCUT2D eigenvalue weighted by molar-refractivity contribution is -0.131. The number of nitrogens with zero attached hydrogens (tertiary/aromatic N) is 2. The molecular weight excluding hydrogens is 343 g/mol. The minimum absolute atomic E-state index is 0.0802. The van der Waals surface area contributed by atoms with Crippen LogP contribution in [-0.2, 0) is 21.2 Å². The maximum Gasteiger partial charge on any atom is 0.243 e. The average Bonchev–Trinajstić information content (AvgIpc) is 2.64. The lowest BCUT2D eigenvalue weighted by atomic mass is 10.1. The van der Waals surface area contributed by atoms with Gasteiger partial charge in [0.25, 0.3) is 0 Å². The van der Waals surface area contributed by atoms with E-state index in [1.807, 2.05) is 0 Å². The van der Waals surface area contributed by atoms with Gasteiger partial charge < -0.3 is 4.90 Å². The first kappa shape index (κ1) is 17.6. The number of carbonyl (C=O) groups excluding carboxylic acids is 1. The Balaban J connectivity index is 1.60. The molecule has 2 aromatic rings. The van der Waals surface area contributed by atoms with Crippen molar-refractivity contribution in [3.63, 3.8) is 0 Å². The molecule has 1 aliphatic rings. The molecule has 0 spiro atoms. The third kappa shape index (κ3) is 4.05. The zero-order chi connectivity index (χ0) is 17.9. The molecule has 0 unspecified atom stereocenters. The highest BCUT2D eigenvalue weighted by Crippen LogP contribution is 2.17. The fraction of sp³-hybridized carbons (Fsp3) is 0.278. The fourth-order valence-corrected chi connectivity index (χ4v) is 4.25. The highest BCUT2D eigenvalue weighted by atomic mass is 32.2. The summed E-state index contributed by atoms with van der Waals surface area (Å²) >= 11 is 0. The largest absolute Gasteiger partial charge is 0.340 e. The number of hydrogen-bond donors (Lipinski definition) is 0. The molecule has 0 saturated carbocycles. The molecule has 0 N–H and O–H groups in total. The summed E-state index contributed by atoms with van der Waals surface area (Å²) in [5.41, 5.74) is 0.741. The zero-order valence-electron chi connectivity index (χ0n) is 13.6. The Kier molecular flexibility index (Phi) is 5.15. The summed E-state index contributed by atoms with van der Waals surface area (Å²) in [5.74, 6) is -0.417. The van der Waals surface area contributed by atoms with Gasteiger partial charge in [-0.1, -0.05) is 30.3 Å². The van der Waals surface area contributed by atoms with Gasteiger partial charge in [0.1, 0.15) is 5.82 Å². The Bertz CT molecular complexity index is 830. The topological polar surface area (TPSA) is 57.7 Å². The number of amides is 1. The molecule has 0 radical (unpaired) electrons. The van der Waals surface area contributed by atoms with E-state index in [4.69, 9.17) is 0 Å². The summed E-state index contributed by atoms with van der Waals surface area (Å²) in [6.45, 7) is 1.25. The van der Waals surface area contributed by atoms with Crippen LogP contribution in [0.5, 0.6) is 0 Å². The third-order valence-electron chi connectivity index (χ3n) is 4.24. The van der Waals surface area contributed by atoms with Gasteiger partial charge in [-0.25, -0.2) is 12.8 Å². The lowest BCUT2D eigenvalue weighted by Gasteiger charge is -2.34. The van der Waals surface area contributed by atoms with Crippen LogP contribution in [0, 0.1) is 5.82 Å². The Morgan fingerprint density at radius 1 is 0.920 bits per heavy atom. The normalized spacial score (nSPS) is 16.0. The van der Waals surface area contributed by atoms with Crippen molar-refractivity contribution >= 4 is 15.9 Å². The van der Waals surface area contributed by atoms with Gasteiger partial charge in [0.2, 0.25) is 15.9 Å². The molecule has 1 fully saturated rings. The van der Waals surface area contributed by atoms with Gasteiger partial charge in [-0.2, -0.15) is 4.31 Å². The van der Waals surface area contributed by atoms with Crippen molar-refractivity contribution in [2.24, 2.45) is 0 Å². The maximum absolute atomic E-state index is 12.9. The second kappa shape index (κ2) is 7.33. The summed E-state index contributed by atoms with van der Waals surface area (Å²) in [7, 11) is -3.52. The molecule has 1 amide bonds. The molecule has 1 aliphatic heterocycles.